The van der Waals surface area contributed by atoms with Crippen molar-refractivity contribution in [3.05, 3.63) is 65.0 Å². The number of amides is 2. The van der Waals surface area contributed by atoms with Crippen LogP contribution in [-0.2, 0) is 0 Å². The minimum absolute atomic E-state index is 0.0376. The van der Waals surface area contributed by atoms with Gasteiger partial charge in [-0.1, -0.05) is 12.1 Å². The predicted octanol–water partition coefficient (Wildman–Crippen LogP) is 1.54. The molecule has 0 spiro atoms. The lowest BCUT2D eigenvalue weighted by Gasteiger charge is -2.36. The molecular weight excluding hydrogens is 316 g/mol. The number of aromatic nitrogens is 1. The molecule has 130 valence electrons. The van der Waals surface area contributed by atoms with Crippen LogP contribution < -0.4 is 10.6 Å². The highest BCUT2D eigenvalue weighted by atomic mass is 16.2. The summed E-state index contributed by atoms with van der Waals surface area (Å²) in [4.78, 5) is 30.9. The number of pyridine rings is 1. The number of rotatable bonds is 3. The van der Waals surface area contributed by atoms with E-state index in [0.717, 1.165) is 17.8 Å². The van der Waals surface area contributed by atoms with Crippen LogP contribution in [0.4, 0.5) is 0 Å². The zero-order valence-corrected chi connectivity index (χ0v) is 14.5. The number of carbonyl (C=O) groups excluding carboxylic acids is 2. The number of aryl methyl sites for hydroxylation is 1. The molecule has 3 rings (SSSR count). The molecule has 25 heavy (non-hydrogen) atoms. The van der Waals surface area contributed by atoms with E-state index in [-0.39, 0.29) is 17.9 Å². The second-order valence-corrected chi connectivity index (χ2v) is 6.11. The van der Waals surface area contributed by atoms with Gasteiger partial charge in [-0.05, 0) is 36.8 Å². The second kappa shape index (κ2) is 7.44. The van der Waals surface area contributed by atoms with Gasteiger partial charge in [0.15, 0.2) is 0 Å². The van der Waals surface area contributed by atoms with Crippen molar-refractivity contribution in [3.63, 3.8) is 0 Å². The Kier molecular flexibility index (Phi) is 5.09. The van der Waals surface area contributed by atoms with Crippen LogP contribution in [0.5, 0.6) is 0 Å². The topological polar surface area (TPSA) is 74.3 Å². The molecule has 0 aliphatic carbocycles. The van der Waals surface area contributed by atoms with Crippen LogP contribution in [0.25, 0.3) is 0 Å². The lowest BCUT2D eigenvalue weighted by Crippen LogP contribution is -2.48. The summed E-state index contributed by atoms with van der Waals surface area (Å²) < 4.78 is 0. The Hall–Kier alpha value is -2.73. The van der Waals surface area contributed by atoms with E-state index in [4.69, 9.17) is 0 Å². The summed E-state index contributed by atoms with van der Waals surface area (Å²) in [5, 5.41) is 5.96. The molecule has 1 aromatic heterocycles. The number of nitrogens with one attached hydrogen (secondary N) is 2. The molecule has 0 radical (unpaired) electrons. The van der Waals surface area contributed by atoms with Crippen LogP contribution >= 0.6 is 0 Å². The normalized spacial score (nSPS) is 17.2. The molecule has 6 nitrogen and oxygen atoms in total. The SMILES string of the molecule is CNC(=O)c1cccc([C@@H]2CNCCN2C(=O)c2ccc(C)nc2)c1. The van der Waals surface area contributed by atoms with Gasteiger partial charge in [0, 0.05) is 44.1 Å². The van der Waals surface area contributed by atoms with Gasteiger partial charge >= 0.3 is 0 Å². The van der Waals surface area contributed by atoms with Crippen LogP contribution in [0, 0.1) is 6.92 Å². The van der Waals surface area contributed by atoms with Crippen molar-refractivity contribution >= 4 is 11.8 Å². The summed E-state index contributed by atoms with van der Waals surface area (Å²) in [6.07, 6.45) is 1.62. The Morgan fingerprint density at radius 3 is 2.80 bits per heavy atom. The summed E-state index contributed by atoms with van der Waals surface area (Å²) in [6.45, 7) is 3.91. The molecule has 2 amide bonds. The molecule has 2 N–H and O–H groups in total. The second-order valence-electron chi connectivity index (χ2n) is 6.11. The number of nitrogens with zero attached hydrogens (tertiary/aromatic N) is 2. The predicted molar refractivity (Wildman–Crippen MR) is 95.5 cm³/mol. The van der Waals surface area contributed by atoms with Crippen LogP contribution in [0.15, 0.2) is 42.6 Å². The third-order valence-electron chi connectivity index (χ3n) is 4.42. The molecule has 0 bridgehead atoms. The highest BCUT2D eigenvalue weighted by Gasteiger charge is 2.29. The fourth-order valence-electron chi connectivity index (χ4n) is 3.04. The summed E-state index contributed by atoms with van der Waals surface area (Å²) in [6, 6.07) is 11.0. The maximum Gasteiger partial charge on any atom is 0.256 e. The molecule has 1 saturated heterocycles. The standard InChI is InChI=1S/C19H22N4O2/c1-13-6-7-16(11-22-13)19(25)23-9-8-21-12-17(23)14-4-3-5-15(10-14)18(24)20-2/h3-7,10-11,17,21H,8-9,12H2,1-2H3,(H,20,24)/t17-/m0/s1. The first-order valence-electron chi connectivity index (χ1n) is 8.36. The fourth-order valence-corrected chi connectivity index (χ4v) is 3.04. The van der Waals surface area contributed by atoms with Crippen molar-refractivity contribution in [2.45, 2.75) is 13.0 Å². The van der Waals surface area contributed by atoms with Crippen molar-refractivity contribution < 1.29 is 9.59 Å². The third kappa shape index (κ3) is 3.69. The molecule has 1 fully saturated rings. The van der Waals surface area contributed by atoms with Gasteiger partial charge in [-0.3, -0.25) is 14.6 Å². The summed E-state index contributed by atoms with van der Waals surface area (Å²) in [5.41, 5.74) is 3.00. The monoisotopic (exact) mass is 338 g/mol. The summed E-state index contributed by atoms with van der Waals surface area (Å²) >= 11 is 0. The first-order valence-corrected chi connectivity index (χ1v) is 8.36. The molecule has 1 aromatic carbocycles. The van der Waals surface area contributed by atoms with Crippen LogP contribution in [0.3, 0.4) is 0 Å². The van der Waals surface area contributed by atoms with Crippen molar-refractivity contribution in [1.29, 1.82) is 0 Å². The highest BCUT2D eigenvalue weighted by molar-refractivity contribution is 5.95. The molecular formula is C19H22N4O2. The highest BCUT2D eigenvalue weighted by Crippen LogP contribution is 2.25. The lowest BCUT2D eigenvalue weighted by atomic mass is 9.99. The van der Waals surface area contributed by atoms with Crippen LogP contribution in [-0.4, -0.2) is 48.4 Å². The summed E-state index contributed by atoms with van der Waals surface area (Å²) in [5.74, 6) is -0.171. The maximum absolute atomic E-state index is 12.9. The average molecular weight is 338 g/mol. The smallest absolute Gasteiger partial charge is 0.256 e. The number of hydrogen-bond donors (Lipinski definition) is 2. The van der Waals surface area contributed by atoms with Crippen molar-refractivity contribution in [2.75, 3.05) is 26.7 Å². The van der Waals surface area contributed by atoms with E-state index in [9.17, 15) is 9.59 Å². The first-order chi connectivity index (χ1) is 12.1. The summed E-state index contributed by atoms with van der Waals surface area (Å²) in [7, 11) is 1.61. The first kappa shape index (κ1) is 17.1. The van der Waals surface area contributed by atoms with Gasteiger partial charge in [0.2, 0.25) is 0 Å². The number of carbonyl (C=O) groups is 2. The van der Waals surface area contributed by atoms with E-state index in [0.29, 0.717) is 24.2 Å². The molecule has 1 aliphatic rings. The Labute approximate surface area is 147 Å². The van der Waals surface area contributed by atoms with Crippen molar-refractivity contribution in [3.8, 4) is 0 Å². The third-order valence-corrected chi connectivity index (χ3v) is 4.42. The molecule has 6 heteroatoms. The quantitative estimate of drug-likeness (QED) is 0.890. The Morgan fingerprint density at radius 1 is 1.24 bits per heavy atom. The zero-order chi connectivity index (χ0) is 17.8. The van der Waals surface area contributed by atoms with Gasteiger partial charge in [0.1, 0.15) is 0 Å². The van der Waals surface area contributed by atoms with E-state index in [2.05, 4.69) is 15.6 Å². The fraction of sp³-hybridized carbons (Fsp3) is 0.316. The van der Waals surface area contributed by atoms with Crippen molar-refractivity contribution in [1.82, 2.24) is 20.5 Å². The van der Waals surface area contributed by atoms with Gasteiger partial charge in [0.05, 0.1) is 11.6 Å². The Balaban J connectivity index is 1.89. The molecule has 1 aliphatic heterocycles. The van der Waals surface area contributed by atoms with E-state index < -0.39 is 0 Å². The van der Waals surface area contributed by atoms with Gasteiger partial charge in [-0.15, -0.1) is 0 Å². The van der Waals surface area contributed by atoms with E-state index >= 15 is 0 Å². The largest absolute Gasteiger partial charge is 0.355 e. The molecule has 2 aromatic rings. The minimum atomic E-state index is -0.133. The number of piperazine rings is 1. The van der Waals surface area contributed by atoms with Gasteiger partial charge in [-0.2, -0.15) is 0 Å². The maximum atomic E-state index is 12.9. The minimum Gasteiger partial charge on any atom is -0.355 e. The number of hydrogen-bond acceptors (Lipinski definition) is 4. The molecule has 0 unspecified atom stereocenters. The van der Waals surface area contributed by atoms with Gasteiger partial charge in [-0.25, -0.2) is 0 Å². The molecule has 0 saturated carbocycles. The molecule has 1 atom stereocenters. The Morgan fingerprint density at radius 2 is 2.08 bits per heavy atom. The molecule has 2 heterocycles. The van der Waals surface area contributed by atoms with Crippen LogP contribution in [0.1, 0.15) is 38.0 Å². The van der Waals surface area contributed by atoms with Gasteiger partial charge in [0.25, 0.3) is 11.8 Å². The van der Waals surface area contributed by atoms with Gasteiger partial charge < -0.3 is 15.5 Å². The van der Waals surface area contributed by atoms with Crippen LogP contribution in [0.2, 0.25) is 0 Å². The van der Waals surface area contributed by atoms with E-state index in [1.807, 2.05) is 42.2 Å². The zero-order valence-electron chi connectivity index (χ0n) is 14.5. The van der Waals surface area contributed by atoms with E-state index in [1.54, 1.807) is 19.3 Å². The number of benzene rings is 1. The average Bonchev–Trinajstić information content (AvgIpc) is 2.67. The lowest BCUT2D eigenvalue weighted by molar-refractivity contribution is 0.0634. The van der Waals surface area contributed by atoms with Crippen molar-refractivity contribution in [2.24, 2.45) is 0 Å². The Bertz CT molecular complexity index is 773. The van der Waals surface area contributed by atoms with E-state index in [1.165, 1.54) is 0 Å².